The van der Waals surface area contributed by atoms with E-state index in [-0.39, 0.29) is 19.4 Å². The van der Waals surface area contributed by atoms with Crippen molar-refractivity contribution in [2.45, 2.75) is 199 Å². The summed E-state index contributed by atoms with van der Waals surface area (Å²) in [4.78, 5) is 35.0. The van der Waals surface area contributed by atoms with E-state index in [0.717, 1.165) is 38.5 Å². The minimum atomic E-state index is -4.83. The number of ether oxygens (including phenoxy) is 2. The third kappa shape index (κ3) is 31.4. The zero-order valence-corrected chi connectivity index (χ0v) is 31.9. The fourth-order valence-electron chi connectivity index (χ4n) is 5.56. The number of rotatable bonds is 37. The van der Waals surface area contributed by atoms with Crippen molar-refractivity contribution in [2.24, 2.45) is 0 Å². The lowest BCUT2D eigenvalue weighted by molar-refractivity contribution is -0.161. The normalized spacial score (nSPS) is 14.7. The van der Waals surface area contributed by atoms with Crippen molar-refractivity contribution in [3.05, 3.63) is 0 Å². The topological polar surface area (TPSA) is 169 Å². The van der Waals surface area contributed by atoms with Gasteiger partial charge in [-0.15, -0.1) is 0 Å². The zero-order chi connectivity index (χ0) is 36.4. The van der Waals surface area contributed by atoms with E-state index >= 15 is 0 Å². The molecule has 49 heavy (non-hydrogen) atoms. The van der Waals surface area contributed by atoms with E-state index in [9.17, 15) is 29.3 Å². The van der Waals surface area contributed by atoms with E-state index in [4.69, 9.17) is 23.6 Å². The Kier molecular flexibility index (Phi) is 33.3. The molecule has 0 aliphatic heterocycles. The van der Waals surface area contributed by atoms with E-state index in [1.165, 1.54) is 103 Å². The van der Waals surface area contributed by atoms with Crippen LogP contribution in [0.4, 0.5) is 0 Å². The number of hydrogen-bond donors (Lipinski definition) is 4. The maximum Gasteiger partial charge on any atom is 0.472 e. The van der Waals surface area contributed by atoms with Crippen LogP contribution in [-0.4, -0.2) is 76.9 Å². The van der Waals surface area contributed by atoms with E-state index in [1.54, 1.807) is 0 Å². The van der Waals surface area contributed by atoms with Gasteiger partial charge in [-0.2, -0.15) is 0 Å². The average Bonchev–Trinajstić information content (AvgIpc) is 3.09. The summed E-state index contributed by atoms with van der Waals surface area (Å²) < 4.78 is 32.9. The van der Waals surface area contributed by atoms with Crippen molar-refractivity contribution in [1.82, 2.24) is 0 Å². The Labute approximate surface area is 297 Å². The van der Waals surface area contributed by atoms with Crippen molar-refractivity contribution < 1.29 is 52.9 Å². The molecule has 1 unspecified atom stereocenters. The fourth-order valence-corrected chi connectivity index (χ4v) is 6.53. The van der Waals surface area contributed by atoms with Crippen LogP contribution in [0.5, 0.6) is 0 Å². The molecule has 0 spiro atoms. The summed E-state index contributed by atoms with van der Waals surface area (Å²) in [6, 6.07) is 0. The molecule has 0 fully saturated rings. The highest BCUT2D eigenvalue weighted by molar-refractivity contribution is 7.47. The van der Waals surface area contributed by atoms with Gasteiger partial charge in [0.15, 0.2) is 6.10 Å². The highest BCUT2D eigenvalue weighted by Crippen LogP contribution is 2.45. The number of unbranched alkanes of at least 4 members (excludes halogenated alkanes) is 22. The molecular weight excluding hydrogens is 651 g/mol. The Balaban J connectivity index is 4.46. The van der Waals surface area contributed by atoms with Crippen LogP contribution in [0.3, 0.4) is 0 Å². The maximum atomic E-state index is 12.5. The Hall–Kier alpha value is -1.07. The number of phosphoric ester groups is 1. The first-order valence-electron chi connectivity index (χ1n) is 19.6. The summed E-state index contributed by atoms with van der Waals surface area (Å²) in [7, 11) is -4.83. The Bertz CT molecular complexity index is 813. The molecule has 0 aromatic carbocycles. The molecule has 4 atom stereocenters. The Morgan fingerprint density at radius 1 is 0.571 bits per heavy atom. The SMILES string of the molecule is CCCCCCCCCCCCCCCCCC(=O)OC[C@H](COP(=O)(O)O[C@H](CO)[C@H](O)CO)OC(=O)CCCCCCCCCCC. The van der Waals surface area contributed by atoms with E-state index in [0.29, 0.717) is 12.8 Å². The van der Waals surface area contributed by atoms with Crippen molar-refractivity contribution >= 4 is 19.8 Å². The second-order valence-electron chi connectivity index (χ2n) is 13.4. The van der Waals surface area contributed by atoms with Gasteiger partial charge >= 0.3 is 19.8 Å². The summed E-state index contributed by atoms with van der Waals surface area (Å²) in [5, 5.41) is 28.0. The summed E-state index contributed by atoms with van der Waals surface area (Å²) in [6.07, 6.45) is 24.2. The van der Waals surface area contributed by atoms with Gasteiger partial charge < -0.3 is 29.7 Å². The van der Waals surface area contributed by atoms with Crippen LogP contribution in [0, 0.1) is 0 Å². The third-order valence-corrected chi connectivity index (χ3v) is 9.70. The van der Waals surface area contributed by atoms with Gasteiger partial charge in [-0.05, 0) is 12.8 Å². The van der Waals surface area contributed by atoms with E-state index in [2.05, 4.69) is 13.8 Å². The highest BCUT2D eigenvalue weighted by Gasteiger charge is 2.32. The number of aliphatic hydroxyl groups is 3. The second kappa shape index (κ2) is 34.0. The first kappa shape index (κ1) is 47.9. The molecule has 0 saturated carbocycles. The average molecular weight is 725 g/mol. The molecule has 12 heteroatoms. The number of esters is 2. The molecule has 0 bridgehead atoms. The third-order valence-electron chi connectivity index (χ3n) is 8.69. The van der Waals surface area contributed by atoms with Crippen LogP contribution < -0.4 is 0 Å². The highest BCUT2D eigenvalue weighted by atomic mass is 31.2. The minimum absolute atomic E-state index is 0.155. The molecule has 0 amide bonds. The van der Waals surface area contributed by atoms with Crippen molar-refractivity contribution in [3.63, 3.8) is 0 Å². The number of aliphatic hydroxyl groups excluding tert-OH is 3. The quantitative estimate of drug-likeness (QED) is 0.0275. The van der Waals surface area contributed by atoms with Gasteiger partial charge in [-0.25, -0.2) is 4.57 Å². The minimum Gasteiger partial charge on any atom is -0.462 e. The molecule has 0 aromatic rings. The van der Waals surface area contributed by atoms with Gasteiger partial charge in [0, 0.05) is 12.8 Å². The van der Waals surface area contributed by atoms with Crippen molar-refractivity contribution in [3.8, 4) is 0 Å². The lowest BCUT2D eigenvalue weighted by Gasteiger charge is -2.24. The zero-order valence-electron chi connectivity index (χ0n) is 31.0. The number of hydrogen-bond acceptors (Lipinski definition) is 10. The predicted molar refractivity (Wildman–Crippen MR) is 193 cm³/mol. The molecule has 0 saturated heterocycles. The van der Waals surface area contributed by atoms with Crippen LogP contribution in [0.1, 0.15) is 181 Å². The smallest absolute Gasteiger partial charge is 0.462 e. The van der Waals surface area contributed by atoms with Gasteiger partial charge in [0.1, 0.15) is 18.8 Å². The summed E-state index contributed by atoms with van der Waals surface area (Å²) in [5.74, 6) is -0.989. The molecule has 0 aliphatic carbocycles. The van der Waals surface area contributed by atoms with Crippen LogP contribution >= 0.6 is 7.82 Å². The van der Waals surface area contributed by atoms with E-state index in [1.807, 2.05) is 0 Å². The Morgan fingerprint density at radius 3 is 1.35 bits per heavy atom. The molecule has 0 heterocycles. The second-order valence-corrected chi connectivity index (χ2v) is 14.8. The van der Waals surface area contributed by atoms with E-state index < -0.39 is 57.9 Å². The summed E-state index contributed by atoms with van der Waals surface area (Å²) >= 11 is 0. The number of carbonyl (C=O) groups is 2. The molecule has 0 radical (unpaired) electrons. The molecule has 0 aromatic heterocycles. The largest absolute Gasteiger partial charge is 0.472 e. The molecular formula is C37H73O11P. The molecule has 0 rings (SSSR count). The van der Waals surface area contributed by atoms with Gasteiger partial charge in [-0.1, -0.05) is 155 Å². The molecule has 11 nitrogen and oxygen atoms in total. The first-order chi connectivity index (χ1) is 23.7. The van der Waals surface area contributed by atoms with Crippen LogP contribution in [-0.2, 0) is 32.7 Å². The van der Waals surface area contributed by atoms with Crippen molar-refractivity contribution in [1.29, 1.82) is 0 Å². The monoisotopic (exact) mass is 724 g/mol. The Morgan fingerprint density at radius 2 is 0.959 bits per heavy atom. The fraction of sp³-hybridized carbons (Fsp3) is 0.946. The van der Waals surface area contributed by atoms with Gasteiger partial charge in [-0.3, -0.25) is 18.6 Å². The van der Waals surface area contributed by atoms with Crippen LogP contribution in [0.15, 0.2) is 0 Å². The number of phosphoric acid groups is 1. The molecule has 292 valence electrons. The molecule has 4 N–H and O–H groups in total. The van der Waals surface area contributed by atoms with Gasteiger partial charge in [0.2, 0.25) is 0 Å². The lowest BCUT2D eigenvalue weighted by atomic mass is 10.0. The van der Waals surface area contributed by atoms with Crippen molar-refractivity contribution in [2.75, 3.05) is 26.4 Å². The number of carbonyl (C=O) groups excluding carboxylic acids is 2. The van der Waals surface area contributed by atoms with Crippen LogP contribution in [0.25, 0.3) is 0 Å². The van der Waals surface area contributed by atoms with Crippen LogP contribution in [0.2, 0.25) is 0 Å². The summed E-state index contributed by atoms with van der Waals surface area (Å²) in [6.45, 7) is 1.82. The van der Waals surface area contributed by atoms with Gasteiger partial charge in [0.05, 0.1) is 19.8 Å². The summed E-state index contributed by atoms with van der Waals surface area (Å²) in [5.41, 5.74) is 0. The maximum absolute atomic E-state index is 12.5. The standard InChI is InChI=1S/C37H73O11P/c1-3-5-7-9-11-13-14-15-16-17-18-20-21-23-25-27-36(41)45-31-33(32-46-49(43,44)48-35(30-39)34(40)29-38)47-37(42)28-26-24-22-19-12-10-8-6-4-2/h33-35,38-40H,3-32H2,1-2H3,(H,43,44)/t33-,34-,35-/m1/s1. The van der Waals surface area contributed by atoms with Gasteiger partial charge in [0.25, 0.3) is 0 Å². The predicted octanol–water partition coefficient (Wildman–Crippen LogP) is 8.47. The molecule has 0 aliphatic rings. The lowest BCUT2D eigenvalue weighted by Crippen LogP contribution is -2.35. The first-order valence-corrected chi connectivity index (χ1v) is 21.1.